The first-order valence-electron chi connectivity index (χ1n) is 7.20. The Morgan fingerprint density at radius 2 is 2.23 bits per heavy atom. The minimum absolute atomic E-state index is 0.0527. The number of carboxylic acids is 1. The summed E-state index contributed by atoms with van der Waals surface area (Å²) in [5.74, 6) is -1.52. The highest BCUT2D eigenvalue weighted by molar-refractivity contribution is 6.33. The first-order valence-corrected chi connectivity index (χ1v) is 7.58. The lowest BCUT2D eigenvalue weighted by molar-refractivity contribution is -0.145. The predicted molar refractivity (Wildman–Crippen MR) is 82.4 cm³/mol. The highest BCUT2D eigenvalue weighted by Gasteiger charge is 2.43. The van der Waals surface area contributed by atoms with Gasteiger partial charge in [0.05, 0.1) is 22.9 Å². The lowest BCUT2D eigenvalue weighted by Crippen LogP contribution is -2.43. The number of carbonyl (C=O) groups is 2. The number of nitrogens with one attached hydrogen (secondary N) is 1. The highest BCUT2D eigenvalue weighted by atomic mass is 35.5. The number of hydrogen-bond acceptors (Lipinski definition) is 4. The molecule has 2 aliphatic rings. The summed E-state index contributed by atoms with van der Waals surface area (Å²) in [5, 5.41) is 12.9. The smallest absolute Gasteiger partial charge is 0.336 e. The molecule has 116 valence electrons. The molecule has 1 aliphatic carbocycles. The summed E-state index contributed by atoms with van der Waals surface area (Å²) < 4.78 is 5.13. The standard InChI is InChI=1S/C16H16ClNO4/c1-2-22-16(21)13-9-5-3-4-8(9)12-10(15(19)20)6-7-11(17)14(12)18-13/h3-4,6-9,13,18H,2,5H2,1H3,(H,19,20)/t8-,9+,13+/m1/s1. The maximum absolute atomic E-state index is 12.2. The topological polar surface area (TPSA) is 75.6 Å². The largest absolute Gasteiger partial charge is 0.478 e. The van der Waals surface area contributed by atoms with Gasteiger partial charge in [0.1, 0.15) is 6.04 Å². The van der Waals surface area contributed by atoms with Crippen molar-refractivity contribution in [1.82, 2.24) is 0 Å². The Morgan fingerprint density at radius 3 is 2.91 bits per heavy atom. The van der Waals surface area contributed by atoms with Gasteiger partial charge in [-0.15, -0.1) is 0 Å². The van der Waals surface area contributed by atoms with Gasteiger partial charge >= 0.3 is 11.9 Å². The zero-order chi connectivity index (χ0) is 15.9. The number of fused-ring (bicyclic) bond motifs is 3. The number of anilines is 1. The molecule has 2 N–H and O–H groups in total. The molecule has 1 aromatic rings. The molecule has 0 radical (unpaired) electrons. The quantitative estimate of drug-likeness (QED) is 0.661. The van der Waals surface area contributed by atoms with Crippen LogP contribution in [0.15, 0.2) is 24.3 Å². The van der Waals surface area contributed by atoms with E-state index in [0.29, 0.717) is 29.3 Å². The Bertz CT molecular complexity index is 670. The van der Waals surface area contributed by atoms with Crippen LogP contribution in [0.4, 0.5) is 5.69 Å². The third-order valence-electron chi connectivity index (χ3n) is 4.24. The van der Waals surface area contributed by atoms with Gasteiger partial charge in [-0.2, -0.15) is 0 Å². The van der Waals surface area contributed by atoms with Crippen LogP contribution in [0.25, 0.3) is 0 Å². The van der Waals surface area contributed by atoms with E-state index in [-0.39, 0.29) is 23.4 Å². The van der Waals surface area contributed by atoms with Gasteiger partial charge in [-0.1, -0.05) is 23.8 Å². The Balaban J connectivity index is 2.11. The molecular weight excluding hydrogens is 306 g/mol. The second kappa shape index (κ2) is 5.65. The summed E-state index contributed by atoms with van der Waals surface area (Å²) in [6.07, 6.45) is 4.64. The fourth-order valence-corrected chi connectivity index (χ4v) is 3.55. The van der Waals surface area contributed by atoms with Gasteiger partial charge in [0, 0.05) is 11.8 Å². The molecular formula is C16H16ClNO4. The molecule has 5 nitrogen and oxygen atoms in total. The molecule has 1 aromatic carbocycles. The van der Waals surface area contributed by atoms with Crippen LogP contribution in [0.2, 0.25) is 5.02 Å². The maximum Gasteiger partial charge on any atom is 0.336 e. The molecule has 0 amide bonds. The molecule has 0 aromatic heterocycles. The van der Waals surface area contributed by atoms with Gasteiger partial charge in [0.25, 0.3) is 0 Å². The van der Waals surface area contributed by atoms with E-state index in [9.17, 15) is 14.7 Å². The van der Waals surface area contributed by atoms with E-state index in [1.165, 1.54) is 12.1 Å². The average Bonchev–Trinajstić information content (AvgIpc) is 2.96. The van der Waals surface area contributed by atoms with E-state index in [4.69, 9.17) is 16.3 Å². The highest BCUT2D eigenvalue weighted by Crippen LogP contribution is 2.48. The maximum atomic E-state index is 12.2. The Kier molecular flexibility index (Phi) is 3.83. The molecule has 1 aliphatic heterocycles. The molecule has 1 heterocycles. The number of carbonyl (C=O) groups excluding carboxylic acids is 1. The number of halogens is 1. The number of aromatic carboxylic acids is 1. The average molecular weight is 322 g/mol. The first kappa shape index (κ1) is 14.9. The van der Waals surface area contributed by atoms with Gasteiger partial charge in [-0.3, -0.25) is 0 Å². The van der Waals surface area contributed by atoms with Crippen LogP contribution in [-0.4, -0.2) is 29.7 Å². The molecule has 0 fully saturated rings. The lowest BCUT2D eigenvalue weighted by atomic mass is 9.77. The van der Waals surface area contributed by atoms with Crippen LogP contribution < -0.4 is 5.32 Å². The van der Waals surface area contributed by atoms with Crippen molar-refractivity contribution in [2.24, 2.45) is 5.92 Å². The zero-order valence-electron chi connectivity index (χ0n) is 12.0. The molecule has 3 atom stereocenters. The molecule has 0 bridgehead atoms. The summed E-state index contributed by atoms with van der Waals surface area (Å²) in [5.41, 5.74) is 1.39. The van der Waals surface area contributed by atoms with Crippen LogP contribution in [0, 0.1) is 5.92 Å². The van der Waals surface area contributed by atoms with Crippen LogP contribution in [0.5, 0.6) is 0 Å². The van der Waals surface area contributed by atoms with Crippen LogP contribution in [0.3, 0.4) is 0 Å². The molecule has 22 heavy (non-hydrogen) atoms. The van der Waals surface area contributed by atoms with E-state index in [1.807, 2.05) is 12.2 Å². The van der Waals surface area contributed by atoms with Crippen molar-refractivity contribution < 1.29 is 19.4 Å². The zero-order valence-corrected chi connectivity index (χ0v) is 12.8. The van der Waals surface area contributed by atoms with E-state index >= 15 is 0 Å². The van der Waals surface area contributed by atoms with Crippen molar-refractivity contribution in [3.63, 3.8) is 0 Å². The first-order chi connectivity index (χ1) is 10.5. The summed E-state index contributed by atoms with van der Waals surface area (Å²) in [6, 6.07) is 2.53. The summed E-state index contributed by atoms with van der Waals surface area (Å²) in [4.78, 5) is 23.7. The SMILES string of the molecule is CCOC(=O)[C@H]1Nc2c(Cl)ccc(C(=O)O)c2[C@@H]2C=CC[C@H]12. The van der Waals surface area contributed by atoms with Crippen LogP contribution >= 0.6 is 11.6 Å². The predicted octanol–water partition coefficient (Wildman–Crippen LogP) is 3.06. The normalized spacial score (nSPS) is 25.1. The van der Waals surface area contributed by atoms with E-state index in [0.717, 1.165) is 0 Å². The lowest BCUT2D eigenvalue weighted by Gasteiger charge is -2.36. The Labute approximate surface area is 132 Å². The summed E-state index contributed by atoms with van der Waals surface area (Å²) >= 11 is 6.22. The van der Waals surface area contributed by atoms with Crippen molar-refractivity contribution in [2.45, 2.75) is 25.3 Å². The number of allylic oxidation sites excluding steroid dienone is 2. The van der Waals surface area contributed by atoms with E-state index < -0.39 is 12.0 Å². The molecule has 0 saturated heterocycles. The fraction of sp³-hybridized carbons (Fsp3) is 0.375. The van der Waals surface area contributed by atoms with Crippen molar-refractivity contribution in [1.29, 1.82) is 0 Å². The van der Waals surface area contributed by atoms with Crippen LogP contribution in [-0.2, 0) is 9.53 Å². The second-order valence-corrected chi connectivity index (χ2v) is 5.82. The number of esters is 1. The van der Waals surface area contributed by atoms with Gasteiger partial charge in [0.2, 0.25) is 0 Å². The third kappa shape index (κ3) is 2.25. The van der Waals surface area contributed by atoms with Crippen molar-refractivity contribution >= 4 is 29.2 Å². The molecule has 0 saturated carbocycles. The molecule has 3 rings (SSSR count). The van der Waals surface area contributed by atoms with Crippen molar-refractivity contribution in [3.8, 4) is 0 Å². The monoisotopic (exact) mass is 321 g/mol. The number of hydrogen-bond donors (Lipinski definition) is 2. The van der Waals surface area contributed by atoms with E-state index in [1.54, 1.807) is 6.92 Å². The summed E-state index contributed by atoms with van der Waals surface area (Å²) in [6.45, 7) is 2.06. The van der Waals surface area contributed by atoms with Gasteiger partial charge in [-0.25, -0.2) is 9.59 Å². The van der Waals surface area contributed by atoms with Crippen molar-refractivity contribution in [3.05, 3.63) is 40.4 Å². The van der Waals surface area contributed by atoms with Gasteiger partial charge in [-0.05, 0) is 31.0 Å². The van der Waals surface area contributed by atoms with Gasteiger partial charge < -0.3 is 15.2 Å². The minimum atomic E-state index is -0.997. The number of ether oxygens (including phenoxy) is 1. The number of benzene rings is 1. The number of carboxylic acid groups (broad SMARTS) is 1. The fourth-order valence-electron chi connectivity index (χ4n) is 3.33. The minimum Gasteiger partial charge on any atom is -0.478 e. The molecule has 0 unspecified atom stereocenters. The van der Waals surface area contributed by atoms with Crippen molar-refractivity contribution in [2.75, 3.05) is 11.9 Å². The molecule has 6 heteroatoms. The van der Waals surface area contributed by atoms with E-state index in [2.05, 4.69) is 5.32 Å². The molecule has 0 spiro atoms. The third-order valence-corrected chi connectivity index (χ3v) is 4.55. The Hall–Kier alpha value is -2.01. The summed E-state index contributed by atoms with van der Waals surface area (Å²) in [7, 11) is 0. The van der Waals surface area contributed by atoms with Gasteiger partial charge in [0.15, 0.2) is 0 Å². The number of rotatable bonds is 3. The Morgan fingerprint density at radius 1 is 1.45 bits per heavy atom. The van der Waals surface area contributed by atoms with Crippen LogP contribution in [0.1, 0.15) is 35.2 Å². The second-order valence-electron chi connectivity index (χ2n) is 5.42.